The molecule has 0 aromatic heterocycles. The van der Waals surface area contributed by atoms with Gasteiger partial charge in [0.15, 0.2) is 0 Å². The highest BCUT2D eigenvalue weighted by Gasteiger charge is 2.27. The largest absolute Gasteiger partial charge is 0.491 e. The van der Waals surface area contributed by atoms with Gasteiger partial charge in [0.05, 0.1) is 6.04 Å². The summed E-state index contributed by atoms with van der Waals surface area (Å²) in [6.45, 7) is 2.29. The smallest absolute Gasteiger partial charge is 0.318 e. The van der Waals surface area contributed by atoms with Crippen molar-refractivity contribution in [3.8, 4) is 5.75 Å². The summed E-state index contributed by atoms with van der Waals surface area (Å²) in [6.07, 6.45) is 3.47. The highest BCUT2D eigenvalue weighted by atomic mass is 16.5. The van der Waals surface area contributed by atoms with Gasteiger partial charge in [0, 0.05) is 18.7 Å². The van der Waals surface area contributed by atoms with Gasteiger partial charge in [-0.3, -0.25) is 0 Å². The molecule has 0 aliphatic carbocycles. The number of amides is 2. The molecule has 2 heterocycles. The number of likely N-dealkylation sites (tertiary alicyclic amines) is 1. The topological polar surface area (TPSA) is 41.6 Å². The number of hydrogen-bond donors (Lipinski definition) is 1. The number of carbonyl (C=O) groups is 1. The fraction of sp³-hybridized carbons (Fsp3) is 0.500. The zero-order valence-electron chi connectivity index (χ0n) is 10.4. The maximum Gasteiger partial charge on any atom is 0.318 e. The molecule has 1 unspecified atom stereocenters. The van der Waals surface area contributed by atoms with E-state index >= 15 is 0 Å². The first kappa shape index (κ1) is 11.4. The summed E-state index contributed by atoms with van der Waals surface area (Å²) in [5.74, 6) is 0.890. The van der Waals surface area contributed by atoms with Crippen molar-refractivity contribution >= 4 is 6.03 Å². The van der Waals surface area contributed by atoms with Crippen molar-refractivity contribution in [2.75, 3.05) is 19.7 Å². The van der Waals surface area contributed by atoms with Crippen LogP contribution in [0.15, 0.2) is 24.3 Å². The maximum atomic E-state index is 12.1. The van der Waals surface area contributed by atoms with Crippen LogP contribution >= 0.6 is 0 Å². The van der Waals surface area contributed by atoms with Crippen LogP contribution in [-0.2, 0) is 0 Å². The van der Waals surface area contributed by atoms with Gasteiger partial charge in [0.2, 0.25) is 0 Å². The van der Waals surface area contributed by atoms with E-state index in [1.54, 1.807) is 0 Å². The van der Waals surface area contributed by atoms with Gasteiger partial charge >= 0.3 is 6.03 Å². The second-order valence-electron chi connectivity index (χ2n) is 4.90. The van der Waals surface area contributed by atoms with Gasteiger partial charge in [0.1, 0.15) is 12.4 Å². The van der Waals surface area contributed by atoms with Crippen molar-refractivity contribution in [1.82, 2.24) is 10.2 Å². The molecule has 1 atom stereocenters. The summed E-state index contributed by atoms with van der Waals surface area (Å²) in [6, 6.07) is 7.93. The molecule has 2 aliphatic heterocycles. The fourth-order valence-electron chi connectivity index (χ4n) is 2.62. The van der Waals surface area contributed by atoms with Crippen molar-refractivity contribution in [1.29, 1.82) is 0 Å². The third-order valence-electron chi connectivity index (χ3n) is 3.64. The molecule has 0 spiro atoms. The fourth-order valence-corrected chi connectivity index (χ4v) is 2.62. The number of fused-ring (bicyclic) bond motifs is 1. The highest BCUT2D eigenvalue weighted by molar-refractivity contribution is 5.75. The summed E-state index contributed by atoms with van der Waals surface area (Å²) in [4.78, 5) is 14.0. The molecule has 0 radical (unpaired) electrons. The minimum absolute atomic E-state index is 0.00405. The monoisotopic (exact) mass is 246 g/mol. The van der Waals surface area contributed by atoms with Gasteiger partial charge in [-0.2, -0.15) is 0 Å². The molecule has 4 heteroatoms. The van der Waals surface area contributed by atoms with E-state index in [9.17, 15) is 4.79 Å². The van der Waals surface area contributed by atoms with E-state index in [0.29, 0.717) is 6.61 Å². The molecule has 1 N–H and O–H groups in total. The number of rotatable bonds is 1. The molecule has 2 amide bonds. The van der Waals surface area contributed by atoms with Crippen LogP contribution in [0.4, 0.5) is 4.79 Å². The number of nitrogens with zero attached hydrogens (tertiary/aromatic N) is 1. The van der Waals surface area contributed by atoms with Crippen LogP contribution in [0.1, 0.15) is 30.9 Å². The third-order valence-corrected chi connectivity index (χ3v) is 3.64. The van der Waals surface area contributed by atoms with Crippen molar-refractivity contribution in [3.63, 3.8) is 0 Å². The summed E-state index contributed by atoms with van der Waals surface area (Å²) >= 11 is 0. The molecule has 96 valence electrons. The minimum atomic E-state index is -0.00405. The molecule has 2 aliphatic rings. The zero-order chi connectivity index (χ0) is 12.4. The Bertz CT molecular complexity index is 441. The van der Waals surface area contributed by atoms with Gasteiger partial charge in [-0.05, 0) is 25.3 Å². The van der Waals surface area contributed by atoms with E-state index in [4.69, 9.17) is 4.74 Å². The van der Waals surface area contributed by atoms with E-state index in [-0.39, 0.29) is 12.1 Å². The quantitative estimate of drug-likeness (QED) is 0.826. The summed E-state index contributed by atoms with van der Waals surface area (Å²) in [5.41, 5.74) is 1.09. The Morgan fingerprint density at radius 2 is 2.00 bits per heavy atom. The molecule has 3 rings (SSSR count). The van der Waals surface area contributed by atoms with Crippen LogP contribution in [0.2, 0.25) is 0 Å². The first-order valence-corrected chi connectivity index (χ1v) is 6.62. The molecule has 0 saturated carbocycles. The number of urea groups is 1. The van der Waals surface area contributed by atoms with Crippen LogP contribution in [0.5, 0.6) is 5.75 Å². The Hall–Kier alpha value is -1.71. The SMILES string of the molecule is O=C(NC1COc2ccccc21)N1CCCCC1. The number of hydrogen-bond acceptors (Lipinski definition) is 2. The summed E-state index contributed by atoms with van der Waals surface area (Å²) < 4.78 is 5.57. The second kappa shape index (κ2) is 4.88. The normalized spacial score (nSPS) is 22.2. The Morgan fingerprint density at radius 1 is 1.22 bits per heavy atom. The molecule has 0 bridgehead atoms. The van der Waals surface area contributed by atoms with Crippen LogP contribution in [0.3, 0.4) is 0 Å². The van der Waals surface area contributed by atoms with E-state index in [1.807, 2.05) is 29.2 Å². The Labute approximate surface area is 107 Å². The van der Waals surface area contributed by atoms with E-state index in [2.05, 4.69) is 5.32 Å². The Balaban J connectivity index is 1.65. The number of ether oxygens (including phenoxy) is 1. The number of nitrogens with one attached hydrogen (secondary N) is 1. The first-order chi connectivity index (χ1) is 8.84. The lowest BCUT2D eigenvalue weighted by molar-refractivity contribution is 0.179. The highest BCUT2D eigenvalue weighted by Crippen LogP contribution is 2.31. The van der Waals surface area contributed by atoms with Crippen molar-refractivity contribution < 1.29 is 9.53 Å². The van der Waals surface area contributed by atoms with Gasteiger partial charge in [-0.1, -0.05) is 18.2 Å². The van der Waals surface area contributed by atoms with Crippen LogP contribution in [0.25, 0.3) is 0 Å². The number of piperidine rings is 1. The molecule has 18 heavy (non-hydrogen) atoms. The van der Waals surface area contributed by atoms with E-state index in [0.717, 1.165) is 37.2 Å². The predicted molar refractivity (Wildman–Crippen MR) is 68.6 cm³/mol. The number of para-hydroxylation sites is 1. The van der Waals surface area contributed by atoms with Gasteiger partial charge in [-0.25, -0.2) is 4.79 Å². The predicted octanol–water partition coefficient (Wildman–Crippen LogP) is 2.32. The van der Waals surface area contributed by atoms with Gasteiger partial charge < -0.3 is 15.0 Å². The molecule has 4 nitrogen and oxygen atoms in total. The van der Waals surface area contributed by atoms with Crippen LogP contribution < -0.4 is 10.1 Å². The van der Waals surface area contributed by atoms with Crippen molar-refractivity contribution in [2.45, 2.75) is 25.3 Å². The second-order valence-corrected chi connectivity index (χ2v) is 4.90. The maximum absolute atomic E-state index is 12.1. The lowest BCUT2D eigenvalue weighted by Gasteiger charge is -2.28. The molecule has 1 aromatic carbocycles. The van der Waals surface area contributed by atoms with Gasteiger partial charge in [0.25, 0.3) is 0 Å². The lowest BCUT2D eigenvalue weighted by Crippen LogP contribution is -2.44. The zero-order valence-corrected chi connectivity index (χ0v) is 10.4. The average Bonchev–Trinajstić information content (AvgIpc) is 2.83. The lowest BCUT2D eigenvalue weighted by atomic mass is 10.1. The minimum Gasteiger partial charge on any atom is -0.491 e. The van der Waals surface area contributed by atoms with Crippen LogP contribution in [0, 0.1) is 0 Å². The molecular weight excluding hydrogens is 228 g/mol. The van der Waals surface area contributed by atoms with Gasteiger partial charge in [-0.15, -0.1) is 0 Å². The molecule has 1 aromatic rings. The molecular formula is C14H18N2O2. The Kier molecular flexibility index (Phi) is 3.09. The third kappa shape index (κ3) is 2.15. The van der Waals surface area contributed by atoms with Crippen molar-refractivity contribution in [3.05, 3.63) is 29.8 Å². The van der Waals surface area contributed by atoms with E-state index in [1.165, 1.54) is 6.42 Å². The molecule has 1 saturated heterocycles. The molecule has 1 fully saturated rings. The van der Waals surface area contributed by atoms with E-state index < -0.39 is 0 Å². The van der Waals surface area contributed by atoms with Crippen LogP contribution in [-0.4, -0.2) is 30.6 Å². The Morgan fingerprint density at radius 3 is 2.83 bits per heavy atom. The first-order valence-electron chi connectivity index (χ1n) is 6.62. The standard InChI is InChI=1S/C14H18N2O2/c17-14(16-8-4-1-5-9-16)15-12-10-18-13-7-3-2-6-11(12)13/h2-3,6-7,12H,1,4-5,8-10H2,(H,15,17). The summed E-state index contributed by atoms with van der Waals surface area (Å²) in [5, 5.41) is 3.07. The number of carbonyl (C=O) groups excluding carboxylic acids is 1. The summed E-state index contributed by atoms with van der Waals surface area (Å²) in [7, 11) is 0. The average molecular weight is 246 g/mol. The number of benzene rings is 1. The van der Waals surface area contributed by atoms with Crippen molar-refractivity contribution in [2.24, 2.45) is 0 Å².